The molecule has 5 rings (SSSR count). The van der Waals surface area contributed by atoms with Crippen molar-refractivity contribution >= 4 is 35.2 Å². The average Bonchev–Trinajstić information content (AvgIpc) is 3.30. The molecule has 2 N–H and O–H groups in total. The Kier molecular flexibility index (Phi) is 7.09. The van der Waals surface area contributed by atoms with Gasteiger partial charge in [-0.05, 0) is 30.5 Å². The van der Waals surface area contributed by atoms with E-state index in [1.165, 1.54) is 35.0 Å². The number of halogens is 1. The van der Waals surface area contributed by atoms with Crippen molar-refractivity contribution in [3.05, 3.63) is 47.2 Å². The minimum Gasteiger partial charge on any atom is -0.478 e. The number of carboxylic acid groups (broad SMARTS) is 1. The lowest BCUT2D eigenvalue weighted by Crippen LogP contribution is -2.57. The van der Waals surface area contributed by atoms with Crippen LogP contribution in [0.3, 0.4) is 0 Å². The number of carboxylic acids is 1. The van der Waals surface area contributed by atoms with Crippen LogP contribution in [0.5, 0.6) is 0 Å². The number of nitrogens with one attached hydrogen (secondary N) is 1. The van der Waals surface area contributed by atoms with Crippen LogP contribution in [0.15, 0.2) is 35.9 Å². The predicted molar refractivity (Wildman–Crippen MR) is 122 cm³/mol. The summed E-state index contributed by atoms with van der Waals surface area (Å²) in [6.45, 7) is 1.43. The van der Waals surface area contributed by atoms with E-state index < -0.39 is 30.1 Å². The Bertz CT molecular complexity index is 1210. The second-order valence-electron chi connectivity index (χ2n) is 8.34. The molecule has 10 nitrogen and oxygen atoms in total. The molecule has 0 radical (unpaired) electrons. The van der Waals surface area contributed by atoms with Crippen molar-refractivity contribution in [1.29, 1.82) is 5.26 Å². The Hall–Kier alpha value is -3.82. The van der Waals surface area contributed by atoms with Crippen molar-refractivity contribution in [3.8, 4) is 16.5 Å². The zero-order valence-corrected chi connectivity index (χ0v) is 19.2. The fraction of sp³-hybridized carbons (Fsp3) is 0.348. The quantitative estimate of drug-likeness (QED) is 0.432. The number of amides is 1. The number of carbonyl (C=O) groups is 3. The van der Waals surface area contributed by atoms with Crippen molar-refractivity contribution in [2.75, 3.05) is 25.0 Å². The second kappa shape index (κ2) is 10.2. The van der Waals surface area contributed by atoms with Gasteiger partial charge in [-0.1, -0.05) is 6.07 Å². The highest BCUT2D eigenvalue weighted by atomic mass is 32.1. The first kappa shape index (κ1) is 24.3. The molecular weight excluding hydrogens is 479 g/mol. The van der Waals surface area contributed by atoms with Gasteiger partial charge in [0.15, 0.2) is 12.0 Å². The van der Waals surface area contributed by atoms with E-state index >= 15 is 0 Å². The summed E-state index contributed by atoms with van der Waals surface area (Å²) in [6, 6.07) is 5.87. The molecule has 2 aromatic rings. The third kappa shape index (κ3) is 5.64. The van der Waals surface area contributed by atoms with E-state index in [0.29, 0.717) is 30.0 Å². The Labute approximate surface area is 203 Å². The number of hydrogen-bond donors (Lipinski definition) is 2. The summed E-state index contributed by atoms with van der Waals surface area (Å²) >= 11 is 1.23. The van der Waals surface area contributed by atoms with Gasteiger partial charge < -0.3 is 14.6 Å². The Morgan fingerprint density at radius 3 is 2.83 bits per heavy atom. The van der Waals surface area contributed by atoms with E-state index in [9.17, 15) is 18.8 Å². The maximum atomic E-state index is 13.7. The van der Waals surface area contributed by atoms with E-state index in [2.05, 4.69) is 10.3 Å². The Morgan fingerprint density at radius 2 is 2.11 bits per heavy atom. The topological polar surface area (TPSA) is 142 Å². The molecule has 0 saturated carbocycles. The maximum Gasteiger partial charge on any atom is 0.412 e. The number of nitrogens with zero attached hydrogens (tertiary/aromatic N) is 3. The lowest BCUT2D eigenvalue weighted by atomic mass is 9.72. The third-order valence-electron chi connectivity index (χ3n) is 6.13. The number of carbonyl (C=O) groups excluding carboxylic acids is 2. The first-order valence-electron chi connectivity index (χ1n) is 10.7. The number of fused-ring (bicyclic) bond motifs is 3. The number of piperidine rings is 3. The van der Waals surface area contributed by atoms with Gasteiger partial charge in [0.25, 0.3) is 0 Å². The van der Waals surface area contributed by atoms with Gasteiger partial charge in [0.2, 0.25) is 0 Å². The van der Waals surface area contributed by atoms with Crippen LogP contribution >= 0.6 is 11.3 Å². The molecule has 3 fully saturated rings. The van der Waals surface area contributed by atoms with Crippen LogP contribution < -0.4 is 5.32 Å². The minimum absolute atomic E-state index is 0.110. The molecule has 1 aromatic carbocycles. The Balaban J connectivity index is 1.36. The molecule has 3 saturated heterocycles. The lowest BCUT2D eigenvalue weighted by Gasteiger charge is -2.51. The summed E-state index contributed by atoms with van der Waals surface area (Å²) in [6.07, 6.45) is 2.34. The predicted octanol–water partition coefficient (Wildman–Crippen LogP) is 3.37. The molecule has 1 unspecified atom stereocenters. The van der Waals surface area contributed by atoms with Crippen LogP contribution in [0.25, 0.3) is 10.4 Å². The van der Waals surface area contributed by atoms with Gasteiger partial charge in [-0.3, -0.25) is 10.2 Å². The number of benzene rings is 1. The van der Waals surface area contributed by atoms with Crippen LogP contribution in [0.2, 0.25) is 0 Å². The number of ether oxygens (including phenoxy) is 2. The van der Waals surface area contributed by atoms with E-state index in [-0.39, 0.29) is 23.4 Å². The van der Waals surface area contributed by atoms with E-state index in [4.69, 9.17) is 19.8 Å². The van der Waals surface area contributed by atoms with Crippen LogP contribution in [0.1, 0.15) is 24.8 Å². The summed E-state index contributed by atoms with van der Waals surface area (Å²) in [5.74, 6) is -2.37. The van der Waals surface area contributed by atoms with Crippen molar-refractivity contribution in [2.24, 2.45) is 5.41 Å². The molecule has 3 aliphatic rings. The van der Waals surface area contributed by atoms with Crippen molar-refractivity contribution in [1.82, 2.24) is 9.88 Å². The van der Waals surface area contributed by atoms with Gasteiger partial charge in [-0.25, -0.2) is 23.8 Å². The highest BCUT2D eigenvalue weighted by molar-refractivity contribution is 7.13. The number of esters is 1. The number of nitriles is 1. The van der Waals surface area contributed by atoms with Crippen LogP contribution in [-0.4, -0.2) is 58.9 Å². The first-order chi connectivity index (χ1) is 16.8. The average molecular weight is 501 g/mol. The van der Waals surface area contributed by atoms with Gasteiger partial charge in [0, 0.05) is 37.1 Å². The second-order valence-corrected chi connectivity index (χ2v) is 9.20. The molecule has 182 valence electrons. The van der Waals surface area contributed by atoms with Crippen LogP contribution in [0, 0.1) is 22.6 Å². The number of rotatable bonds is 7. The highest BCUT2D eigenvalue weighted by Gasteiger charge is 2.47. The monoisotopic (exact) mass is 500 g/mol. The molecular formula is C23H21FN4O6S. The number of aliphatic carboxylic acids is 1. The summed E-state index contributed by atoms with van der Waals surface area (Å²) in [5.41, 5.74) is 1.59. The largest absolute Gasteiger partial charge is 0.478 e. The molecule has 1 aromatic heterocycles. The lowest BCUT2D eigenvalue weighted by molar-refractivity contribution is -0.178. The van der Waals surface area contributed by atoms with Gasteiger partial charge in [0.1, 0.15) is 11.9 Å². The number of hydrogen-bond acceptors (Lipinski definition) is 9. The van der Waals surface area contributed by atoms with Gasteiger partial charge in [-0.15, -0.1) is 11.3 Å². The van der Waals surface area contributed by atoms with E-state index in [1.54, 1.807) is 6.07 Å². The molecule has 3 aliphatic heterocycles. The Morgan fingerprint density at radius 1 is 1.34 bits per heavy atom. The number of thiazole rings is 1. The number of aromatic nitrogens is 1. The number of anilines is 1. The van der Waals surface area contributed by atoms with Gasteiger partial charge >= 0.3 is 18.0 Å². The molecule has 1 atom stereocenters. The van der Waals surface area contributed by atoms with Crippen LogP contribution in [-0.2, 0) is 19.1 Å². The van der Waals surface area contributed by atoms with E-state index in [0.717, 1.165) is 25.0 Å². The first-order valence-corrected chi connectivity index (χ1v) is 11.6. The molecule has 1 amide bonds. The summed E-state index contributed by atoms with van der Waals surface area (Å²) in [4.78, 5) is 41.8. The third-order valence-corrected chi connectivity index (χ3v) is 7.01. The SMILES string of the molecule is N#Cc1cc(-c2scnc2NC(=O)OCC23CCN(CC2)C(OC(=O)/C=C/C(=O)O)C3)ccc1F. The van der Waals surface area contributed by atoms with Crippen molar-refractivity contribution in [2.45, 2.75) is 25.5 Å². The fourth-order valence-electron chi connectivity index (χ4n) is 4.27. The molecule has 12 heteroatoms. The summed E-state index contributed by atoms with van der Waals surface area (Å²) in [5, 5.41) is 20.3. The normalized spacial score (nSPS) is 23.0. The minimum atomic E-state index is -1.24. The standard InChI is InChI=1S/C23H21FN4O6S/c24-16-2-1-14(9-15(16)11-25)20-21(26-13-35-20)27-22(32)33-12-23-5-7-28(8-6-23)17(10-23)34-19(31)4-3-18(29)30/h1-4,9,13,17H,5-8,10,12H2,(H,27,32)(H,29,30)/b4-3+. The van der Waals surface area contributed by atoms with E-state index in [1.807, 2.05) is 4.90 Å². The smallest absolute Gasteiger partial charge is 0.412 e. The van der Waals surface area contributed by atoms with Gasteiger partial charge in [-0.2, -0.15) is 5.26 Å². The highest BCUT2D eigenvalue weighted by Crippen LogP contribution is 2.44. The van der Waals surface area contributed by atoms with Crippen LogP contribution in [0.4, 0.5) is 15.0 Å². The zero-order chi connectivity index (χ0) is 25.0. The molecule has 4 heterocycles. The molecule has 0 aliphatic carbocycles. The maximum absolute atomic E-state index is 13.7. The molecule has 2 bridgehead atoms. The van der Waals surface area contributed by atoms with Gasteiger partial charge in [0.05, 0.1) is 22.6 Å². The molecule has 0 spiro atoms. The zero-order valence-electron chi connectivity index (χ0n) is 18.4. The molecule has 35 heavy (non-hydrogen) atoms. The van der Waals surface area contributed by atoms with Crippen molar-refractivity contribution in [3.63, 3.8) is 0 Å². The fourth-order valence-corrected chi connectivity index (χ4v) is 5.01. The summed E-state index contributed by atoms with van der Waals surface area (Å²) < 4.78 is 24.6. The summed E-state index contributed by atoms with van der Waals surface area (Å²) in [7, 11) is 0. The van der Waals surface area contributed by atoms with Crippen molar-refractivity contribution < 1.29 is 33.4 Å².